The maximum atomic E-state index is 13.2. The lowest BCUT2D eigenvalue weighted by Crippen LogP contribution is -2.12. The van der Waals surface area contributed by atoms with E-state index >= 15 is 0 Å². The van der Waals surface area contributed by atoms with E-state index in [1.54, 1.807) is 24.4 Å². The summed E-state index contributed by atoms with van der Waals surface area (Å²) in [6.07, 6.45) is 1.55. The Bertz CT molecular complexity index is 845. The van der Waals surface area contributed by atoms with Crippen LogP contribution < -0.4 is 10.6 Å². The number of amides is 1. The molecule has 2 aromatic carbocycles. The molecule has 0 aliphatic carbocycles. The minimum atomic E-state index is -0.446. The molecule has 0 aliphatic rings. The fourth-order valence-electron chi connectivity index (χ4n) is 2.16. The van der Waals surface area contributed by atoms with E-state index in [0.717, 1.165) is 5.69 Å². The van der Waals surface area contributed by atoms with Gasteiger partial charge in [-0.2, -0.15) is 0 Å². The minimum Gasteiger partial charge on any atom is -0.340 e. The van der Waals surface area contributed by atoms with Crippen molar-refractivity contribution in [2.75, 3.05) is 10.6 Å². The van der Waals surface area contributed by atoms with Crippen molar-refractivity contribution in [1.29, 1.82) is 0 Å². The number of nitrogens with one attached hydrogen (secondary N) is 2. The molecule has 3 rings (SSSR count). The molecule has 0 bridgehead atoms. The number of nitrogens with zero attached hydrogens (tertiary/aromatic N) is 1. The molecule has 1 aromatic heterocycles. The van der Waals surface area contributed by atoms with E-state index < -0.39 is 5.82 Å². The predicted molar refractivity (Wildman–Crippen MR) is 93.1 cm³/mol. The summed E-state index contributed by atoms with van der Waals surface area (Å²) in [6.45, 7) is 2.03. The van der Waals surface area contributed by atoms with Crippen molar-refractivity contribution in [1.82, 2.24) is 4.98 Å². The first-order chi connectivity index (χ1) is 11.6. The van der Waals surface area contributed by atoms with Crippen LogP contribution in [0.2, 0.25) is 0 Å². The van der Waals surface area contributed by atoms with Gasteiger partial charge in [-0.25, -0.2) is 9.37 Å². The van der Waals surface area contributed by atoms with E-state index in [9.17, 15) is 9.18 Å². The zero-order chi connectivity index (χ0) is 16.9. The summed E-state index contributed by atoms with van der Waals surface area (Å²) in [5.74, 6) is -0.156. The van der Waals surface area contributed by atoms with E-state index in [4.69, 9.17) is 0 Å². The van der Waals surface area contributed by atoms with Crippen molar-refractivity contribution in [2.45, 2.75) is 6.92 Å². The van der Waals surface area contributed by atoms with Gasteiger partial charge in [-0.1, -0.05) is 23.8 Å². The SMILES string of the molecule is Cc1ccc(Nc2ccc(NC(=O)c3cccc(F)c3)cn2)cc1. The monoisotopic (exact) mass is 321 g/mol. The number of carbonyl (C=O) groups excluding carboxylic acids is 1. The summed E-state index contributed by atoms with van der Waals surface area (Å²) in [5.41, 5.74) is 2.92. The van der Waals surface area contributed by atoms with Crippen LogP contribution in [0.15, 0.2) is 66.9 Å². The third kappa shape index (κ3) is 3.95. The summed E-state index contributed by atoms with van der Waals surface area (Å²) >= 11 is 0. The maximum absolute atomic E-state index is 13.2. The van der Waals surface area contributed by atoms with Gasteiger partial charge in [0.25, 0.3) is 5.91 Å². The highest BCUT2D eigenvalue weighted by Crippen LogP contribution is 2.17. The van der Waals surface area contributed by atoms with Crippen molar-refractivity contribution in [2.24, 2.45) is 0 Å². The summed E-state index contributed by atoms with van der Waals surface area (Å²) < 4.78 is 13.2. The van der Waals surface area contributed by atoms with Gasteiger partial charge in [0.2, 0.25) is 0 Å². The molecule has 1 amide bonds. The number of aryl methyl sites for hydroxylation is 1. The topological polar surface area (TPSA) is 54.0 Å². The van der Waals surface area contributed by atoms with Crippen LogP contribution in [-0.2, 0) is 0 Å². The number of aromatic nitrogens is 1. The average molecular weight is 321 g/mol. The summed E-state index contributed by atoms with van der Waals surface area (Å²) in [4.78, 5) is 16.3. The fraction of sp³-hybridized carbons (Fsp3) is 0.0526. The Hall–Kier alpha value is -3.21. The first-order valence-electron chi connectivity index (χ1n) is 7.47. The van der Waals surface area contributed by atoms with Crippen LogP contribution in [0.5, 0.6) is 0 Å². The van der Waals surface area contributed by atoms with Gasteiger partial charge in [0.1, 0.15) is 11.6 Å². The van der Waals surface area contributed by atoms with E-state index in [-0.39, 0.29) is 11.5 Å². The number of carbonyl (C=O) groups is 1. The minimum absolute atomic E-state index is 0.261. The first kappa shape index (κ1) is 15.7. The quantitative estimate of drug-likeness (QED) is 0.742. The number of pyridine rings is 1. The van der Waals surface area contributed by atoms with Crippen LogP contribution >= 0.6 is 0 Å². The normalized spacial score (nSPS) is 10.2. The highest BCUT2D eigenvalue weighted by molar-refractivity contribution is 6.04. The molecule has 0 fully saturated rings. The first-order valence-corrected chi connectivity index (χ1v) is 7.47. The molecule has 3 aromatic rings. The lowest BCUT2D eigenvalue weighted by atomic mass is 10.2. The molecule has 4 nitrogen and oxygen atoms in total. The number of benzene rings is 2. The smallest absolute Gasteiger partial charge is 0.255 e. The second kappa shape index (κ2) is 6.91. The third-order valence-electron chi connectivity index (χ3n) is 3.43. The molecule has 1 heterocycles. The van der Waals surface area contributed by atoms with Gasteiger partial charge in [0.05, 0.1) is 11.9 Å². The molecule has 0 radical (unpaired) electrons. The van der Waals surface area contributed by atoms with Crippen LogP contribution in [0, 0.1) is 12.7 Å². The van der Waals surface area contributed by atoms with E-state index in [0.29, 0.717) is 11.5 Å². The van der Waals surface area contributed by atoms with Crippen molar-refractivity contribution in [3.05, 3.63) is 83.8 Å². The molecular weight excluding hydrogens is 305 g/mol. The van der Waals surface area contributed by atoms with Gasteiger partial charge >= 0.3 is 0 Å². The molecule has 5 heteroatoms. The average Bonchev–Trinajstić information content (AvgIpc) is 2.59. The maximum Gasteiger partial charge on any atom is 0.255 e. The molecule has 0 spiro atoms. The van der Waals surface area contributed by atoms with Gasteiger partial charge in [0.15, 0.2) is 0 Å². The number of rotatable bonds is 4. The van der Waals surface area contributed by atoms with Gasteiger partial charge in [-0.15, -0.1) is 0 Å². The lowest BCUT2D eigenvalue weighted by molar-refractivity contribution is 0.102. The van der Waals surface area contributed by atoms with Gasteiger partial charge in [-0.3, -0.25) is 4.79 Å². The highest BCUT2D eigenvalue weighted by atomic mass is 19.1. The van der Waals surface area contributed by atoms with Crippen molar-refractivity contribution < 1.29 is 9.18 Å². The van der Waals surface area contributed by atoms with Crippen LogP contribution in [0.25, 0.3) is 0 Å². The molecular formula is C19H16FN3O. The van der Waals surface area contributed by atoms with E-state index in [1.165, 1.54) is 23.8 Å². The summed E-state index contributed by atoms with van der Waals surface area (Å²) in [6, 6.07) is 17.0. The summed E-state index contributed by atoms with van der Waals surface area (Å²) in [5, 5.41) is 5.87. The zero-order valence-corrected chi connectivity index (χ0v) is 13.1. The highest BCUT2D eigenvalue weighted by Gasteiger charge is 2.07. The van der Waals surface area contributed by atoms with Crippen molar-refractivity contribution in [3.8, 4) is 0 Å². The zero-order valence-electron chi connectivity index (χ0n) is 13.1. The number of hydrogen-bond donors (Lipinski definition) is 2. The predicted octanol–water partition coefficient (Wildman–Crippen LogP) is 4.53. The molecule has 0 saturated heterocycles. The Balaban J connectivity index is 1.66. The Kier molecular flexibility index (Phi) is 4.52. The molecule has 0 aliphatic heterocycles. The number of hydrogen-bond acceptors (Lipinski definition) is 3. The molecule has 120 valence electrons. The number of halogens is 1. The molecule has 2 N–H and O–H groups in total. The van der Waals surface area contributed by atoms with E-state index in [2.05, 4.69) is 15.6 Å². The summed E-state index contributed by atoms with van der Waals surface area (Å²) in [7, 11) is 0. The van der Waals surface area contributed by atoms with E-state index in [1.807, 2.05) is 31.2 Å². The van der Waals surface area contributed by atoms with Gasteiger partial charge in [-0.05, 0) is 49.4 Å². The molecule has 0 atom stereocenters. The number of anilines is 3. The largest absolute Gasteiger partial charge is 0.340 e. The van der Waals surface area contributed by atoms with Crippen molar-refractivity contribution >= 4 is 23.1 Å². The van der Waals surface area contributed by atoms with Crippen LogP contribution in [0.4, 0.5) is 21.6 Å². The fourth-order valence-corrected chi connectivity index (χ4v) is 2.16. The Morgan fingerprint density at radius 2 is 1.75 bits per heavy atom. The van der Waals surface area contributed by atoms with Crippen LogP contribution in [0.3, 0.4) is 0 Å². The second-order valence-corrected chi connectivity index (χ2v) is 5.39. The molecule has 0 saturated carbocycles. The van der Waals surface area contributed by atoms with Crippen LogP contribution in [-0.4, -0.2) is 10.9 Å². The van der Waals surface area contributed by atoms with Crippen LogP contribution in [0.1, 0.15) is 15.9 Å². The third-order valence-corrected chi connectivity index (χ3v) is 3.43. The Labute approximate surface area is 139 Å². The Morgan fingerprint density at radius 1 is 1.00 bits per heavy atom. The standard InChI is InChI=1S/C19H16FN3O/c1-13-5-7-16(8-6-13)22-18-10-9-17(12-21-18)23-19(24)14-3-2-4-15(20)11-14/h2-12H,1H3,(H,21,22)(H,23,24). The molecule has 24 heavy (non-hydrogen) atoms. The van der Waals surface area contributed by atoms with Crippen molar-refractivity contribution in [3.63, 3.8) is 0 Å². The lowest BCUT2D eigenvalue weighted by Gasteiger charge is -2.08. The van der Waals surface area contributed by atoms with Gasteiger partial charge in [0, 0.05) is 11.3 Å². The molecule has 0 unspecified atom stereocenters. The second-order valence-electron chi connectivity index (χ2n) is 5.39. The Morgan fingerprint density at radius 3 is 2.42 bits per heavy atom. The van der Waals surface area contributed by atoms with Gasteiger partial charge < -0.3 is 10.6 Å².